The van der Waals surface area contributed by atoms with Gasteiger partial charge in [0.1, 0.15) is 0 Å². The number of carbonyl (C=O) groups excluding carboxylic acids is 1. The molecule has 0 bridgehead atoms. The number of hydrogen-bond acceptors (Lipinski definition) is 5. The van der Waals surface area contributed by atoms with Crippen LogP contribution >= 0.6 is 38.9 Å². The molecule has 0 aliphatic carbocycles. The maximum Gasteiger partial charge on any atom is 0.357 e. The number of aromatic nitrogens is 1. The number of nitrogens with zero attached hydrogens (tertiary/aromatic N) is 1. The second kappa shape index (κ2) is 5.90. The van der Waals surface area contributed by atoms with Crippen LogP contribution in [0.3, 0.4) is 0 Å². The van der Waals surface area contributed by atoms with E-state index in [9.17, 15) is 4.79 Å². The van der Waals surface area contributed by atoms with Gasteiger partial charge >= 0.3 is 5.97 Å². The number of carbonyl (C=O) groups is 1. The van der Waals surface area contributed by atoms with Crippen molar-refractivity contribution in [2.75, 3.05) is 12.4 Å². The van der Waals surface area contributed by atoms with Gasteiger partial charge in [-0.25, -0.2) is 9.78 Å². The summed E-state index contributed by atoms with van der Waals surface area (Å²) in [6.45, 7) is 1.82. The van der Waals surface area contributed by atoms with Crippen molar-refractivity contribution in [3.63, 3.8) is 0 Å². The fourth-order valence-electron chi connectivity index (χ4n) is 1.44. The van der Waals surface area contributed by atoms with Crippen molar-refractivity contribution in [3.05, 3.63) is 38.3 Å². The van der Waals surface area contributed by atoms with Gasteiger partial charge in [0.05, 0.1) is 12.8 Å². The van der Waals surface area contributed by atoms with E-state index in [4.69, 9.17) is 11.6 Å². The Bertz CT molecular complexity index is 630. The van der Waals surface area contributed by atoms with E-state index in [1.165, 1.54) is 18.4 Å². The number of ether oxygens (including phenoxy) is 1. The number of anilines is 2. The zero-order valence-electron chi connectivity index (χ0n) is 10.2. The van der Waals surface area contributed by atoms with Gasteiger partial charge in [-0.3, -0.25) is 0 Å². The number of rotatable bonds is 3. The maximum atomic E-state index is 11.5. The van der Waals surface area contributed by atoms with Crippen molar-refractivity contribution >= 4 is 55.7 Å². The van der Waals surface area contributed by atoms with Crippen LogP contribution in [0.4, 0.5) is 10.8 Å². The molecular weight excluding hydrogens is 352 g/mol. The molecule has 0 fully saturated rings. The fraction of sp³-hybridized carbons (Fsp3) is 0.167. The second-order valence-corrected chi connectivity index (χ2v) is 6.16. The summed E-state index contributed by atoms with van der Waals surface area (Å²) >= 11 is 10.7. The van der Waals surface area contributed by atoms with E-state index in [1.807, 2.05) is 13.0 Å². The van der Waals surface area contributed by atoms with E-state index >= 15 is 0 Å². The first kappa shape index (κ1) is 14.3. The molecule has 7 heteroatoms. The van der Waals surface area contributed by atoms with Gasteiger partial charge < -0.3 is 10.1 Å². The molecule has 0 amide bonds. The largest absolute Gasteiger partial charge is 0.464 e. The second-order valence-electron chi connectivity index (χ2n) is 3.66. The average Bonchev–Trinajstić information content (AvgIpc) is 2.74. The van der Waals surface area contributed by atoms with Gasteiger partial charge in [-0.2, -0.15) is 0 Å². The minimum absolute atomic E-state index is 0.327. The summed E-state index contributed by atoms with van der Waals surface area (Å²) < 4.78 is 5.54. The summed E-state index contributed by atoms with van der Waals surface area (Å²) in [5.74, 6) is -0.438. The molecule has 0 spiro atoms. The zero-order valence-corrected chi connectivity index (χ0v) is 13.3. The Labute approximate surface area is 127 Å². The molecular formula is C12H10BrClN2O2S. The highest BCUT2D eigenvalue weighted by Crippen LogP contribution is 2.31. The smallest absolute Gasteiger partial charge is 0.357 e. The van der Waals surface area contributed by atoms with Gasteiger partial charge in [-0.05, 0) is 41.1 Å². The Morgan fingerprint density at radius 2 is 2.26 bits per heavy atom. The number of halogens is 2. The van der Waals surface area contributed by atoms with Crippen molar-refractivity contribution < 1.29 is 9.53 Å². The van der Waals surface area contributed by atoms with Crippen LogP contribution in [-0.4, -0.2) is 18.1 Å². The first-order valence-corrected chi connectivity index (χ1v) is 7.28. The molecule has 0 unspecified atom stereocenters. The lowest BCUT2D eigenvalue weighted by Crippen LogP contribution is -2.03. The number of nitrogens with one attached hydrogen (secondary N) is 1. The molecule has 0 radical (unpaired) electrons. The quantitative estimate of drug-likeness (QED) is 0.823. The normalized spacial score (nSPS) is 10.3. The summed E-state index contributed by atoms with van der Waals surface area (Å²) in [5.41, 5.74) is 1.12. The van der Waals surface area contributed by atoms with E-state index in [2.05, 4.69) is 31.0 Å². The van der Waals surface area contributed by atoms with Crippen LogP contribution in [-0.2, 0) is 4.74 Å². The molecule has 1 heterocycles. The predicted molar refractivity (Wildman–Crippen MR) is 80.6 cm³/mol. The van der Waals surface area contributed by atoms with E-state index < -0.39 is 5.97 Å². The van der Waals surface area contributed by atoms with Crippen LogP contribution in [0.25, 0.3) is 0 Å². The lowest BCUT2D eigenvalue weighted by molar-refractivity contribution is 0.0594. The molecule has 0 saturated heterocycles. The van der Waals surface area contributed by atoms with Gasteiger partial charge in [0.2, 0.25) is 0 Å². The minimum atomic E-state index is -0.438. The maximum absolute atomic E-state index is 11.5. The minimum Gasteiger partial charge on any atom is -0.464 e. The summed E-state index contributed by atoms with van der Waals surface area (Å²) in [6, 6.07) is 5.40. The van der Waals surface area contributed by atoms with E-state index in [0.29, 0.717) is 15.8 Å². The highest BCUT2D eigenvalue weighted by Gasteiger charge is 2.16. The predicted octanol–water partition coefficient (Wildman–Crippen LogP) is 4.40. The number of methoxy groups -OCH3 is 1. The van der Waals surface area contributed by atoms with Gasteiger partial charge in [-0.1, -0.05) is 11.6 Å². The molecule has 0 aliphatic rings. The van der Waals surface area contributed by atoms with Crippen LogP contribution in [0, 0.1) is 6.92 Å². The molecule has 1 aromatic carbocycles. The molecule has 19 heavy (non-hydrogen) atoms. The van der Waals surface area contributed by atoms with Crippen molar-refractivity contribution in [1.82, 2.24) is 4.98 Å². The van der Waals surface area contributed by atoms with E-state index in [-0.39, 0.29) is 0 Å². The molecule has 0 atom stereocenters. The van der Waals surface area contributed by atoms with Gasteiger partial charge in [0.25, 0.3) is 0 Å². The topological polar surface area (TPSA) is 51.2 Å². The van der Waals surface area contributed by atoms with E-state index in [1.54, 1.807) is 12.1 Å². The number of aryl methyl sites for hydroxylation is 1. The third-order valence-corrected chi connectivity index (χ3v) is 4.16. The molecule has 0 aliphatic heterocycles. The van der Waals surface area contributed by atoms with Crippen LogP contribution < -0.4 is 5.32 Å². The van der Waals surface area contributed by atoms with Crippen LogP contribution in [0.15, 0.2) is 22.7 Å². The highest BCUT2D eigenvalue weighted by atomic mass is 79.9. The summed E-state index contributed by atoms with van der Waals surface area (Å²) in [6.07, 6.45) is 0. The first-order valence-electron chi connectivity index (χ1n) is 5.29. The van der Waals surface area contributed by atoms with Crippen molar-refractivity contribution in [2.24, 2.45) is 0 Å². The Balaban J connectivity index is 2.29. The van der Waals surface area contributed by atoms with E-state index in [0.717, 1.165) is 15.0 Å². The zero-order chi connectivity index (χ0) is 14.0. The molecule has 2 rings (SSSR count). The third kappa shape index (κ3) is 3.26. The van der Waals surface area contributed by atoms with Crippen molar-refractivity contribution in [3.8, 4) is 0 Å². The van der Waals surface area contributed by atoms with Crippen LogP contribution in [0.1, 0.15) is 15.4 Å². The molecule has 2 aromatic rings. The number of hydrogen-bond donors (Lipinski definition) is 1. The average molecular weight is 362 g/mol. The lowest BCUT2D eigenvalue weighted by atomic mass is 10.3. The molecule has 4 nitrogen and oxygen atoms in total. The highest BCUT2D eigenvalue weighted by molar-refractivity contribution is 9.10. The Hall–Kier alpha value is -1.11. The van der Waals surface area contributed by atoms with Crippen LogP contribution in [0.2, 0.25) is 5.02 Å². The standard InChI is InChI=1S/C12H10BrClN2O2S/c1-6-10(11(17)18-2)16-12(19-6)15-9-5-7(14)3-4-8(9)13/h3-5H,1-2H3,(H,15,16). The molecule has 1 aromatic heterocycles. The number of thiazole rings is 1. The SMILES string of the molecule is COC(=O)c1nc(Nc2cc(Cl)ccc2Br)sc1C. The van der Waals surface area contributed by atoms with Crippen LogP contribution in [0.5, 0.6) is 0 Å². The van der Waals surface area contributed by atoms with Crippen molar-refractivity contribution in [2.45, 2.75) is 6.92 Å². The first-order chi connectivity index (χ1) is 9.01. The summed E-state index contributed by atoms with van der Waals surface area (Å²) in [4.78, 5) is 16.5. The lowest BCUT2D eigenvalue weighted by Gasteiger charge is -2.05. The number of esters is 1. The third-order valence-electron chi connectivity index (χ3n) is 2.35. The van der Waals surface area contributed by atoms with Gasteiger partial charge in [0, 0.05) is 14.4 Å². The Morgan fingerprint density at radius 3 is 2.95 bits per heavy atom. The molecule has 0 saturated carbocycles. The fourth-order valence-corrected chi connectivity index (χ4v) is 2.78. The number of benzene rings is 1. The molecule has 100 valence electrons. The monoisotopic (exact) mass is 360 g/mol. The summed E-state index contributed by atoms with van der Waals surface area (Å²) in [5, 5.41) is 4.35. The Kier molecular flexibility index (Phi) is 4.44. The Morgan fingerprint density at radius 1 is 1.53 bits per heavy atom. The van der Waals surface area contributed by atoms with Crippen molar-refractivity contribution in [1.29, 1.82) is 0 Å². The van der Waals surface area contributed by atoms with Gasteiger partial charge in [-0.15, -0.1) is 11.3 Å². The molecule has 1 N–H and O–H groups in total. The van der Waals surface area contributed by atoms with Gasteiger partial charge in [0.15, 0.2) is 10.8 Å². The summed E-state index contributed by atoms with van der Waals surface area (Å²) in [7, 11) is 1.34.